The number of hydrogen-bond donors (Lipinski definition) is 0. The zero-order valence-corrected chi connectivity index (χ0v) is 26.9. The molecule has 5 aromatic carbocycles. The molecular formula is C42H34N2S. The standard InChI is InChI=1S/C42H34N2S/c1-41(2)30-14-11-13-28-27-12-5-6-15-34(27)44(40(28)30)37-24-32-29(23-33(37)41)26-21-20-25(22-31(26)42(32,3)4)43-35-16-7-9-18-38(35)45-39-19-10-8-17-36(39)43/h5-14,16-24,34H,15H2,1-4H3. The minimum absolute atomic E-state index is 0.0978. The SMILES string of the molecule is CC1(C)c2cc(N3c4ccccc4Sc4ccccc43)ccc2-c2cc3c(cc21)N1c2c(cccc2C3(C)C)C2=CC=CCC21. The largest absolute Gasteiger partial charge is 0.333 e. The molecule has 2 nitrogen and oxygen atoms in total. The van der Waals surface area contributed by atoms with Crippen molar-refractivity contribution in [3.05, 3.63) is 143 Å². The highest BCUT2D eigenvalue weighted by atomic mass is 32.2. The molecule has 0 N–H and O–H groups in total. The molecule has 3 aliphatic heterocycles. The van der Waals surface area contributed by atoms with Crippen molar-refractivity contribution in [3.8, 4) is 11.1 Å². The number of para-hydroxylation sites is 3. The highest BCUT2D eigenvalue weighted by Gasteiger charge is 2.47. The molecule has 218 valence electrons. The van der Waals surface area contributed by atoms with Crippen LogP contribution < -0.4 is 9.80 Å². The van der Waals surface area contributed by atoms with Crippen LogP contribution in [0.4, 0.5) is 28.4 Å². The van der Waals surface area contributed by atoms with Gasteiger partial charge in [0.05, 0.1) is 23.1 Å². The van der Waals surface area contributed by atoms with Crippen molar-refractivity contribution in [2.24, 2.45) is 0 Å². The lowest BCUT2D eigenvalue weighted by Gasteiger charge is -2.43. The summed E-state index contributed by atoms with van der Waals surface area (Å²) in [7, 11) is 0. The van der Waals surface area contributed by atoms with Crippen LogP contribution in [0.25, 0.3) is 16.7 Å². The van der Waals surface area contributed by atoms with Crippen molar-refractivity contribution in [2.45, 2.75) is 60.8 Å². The Labute approximate surface area is 269 Å². The lowest BCUT2D eigenvalue weighted by atomic mass is 9.72. The molecule has 2 aliphatic carbocycles. The first-order valence-electron chi connectivity index (χ1n) is 16.1. The summed E-state index contributed by atoms with van der Waals surface area (Å²) in [5.74, 6) is 0. The smallest absolute Gasteiger partial charge is 0.0633 e. The highest BCUT2D eigenvalue weighted by molar-refractivity contribution is 7.99. The molecule has 0 saturated heterocycles. The highest BCUT2D eigenvalue weighted by Crippen LogP contribution is 2.61. The summed E-state index contributed by atoms with van der Waals surface area (Å²) in [6, 6.07) is 37.2. The zero-order chi connectivity index (χ0) is 30.2. The third kappa shape index (κ3) is 3.22. The Morgan fingerprint density at radius 1 is 0.622 bits per heavy atom. The van der Waals surface area contributed by atoms with Gasteiger partial charge in [0.2, 0.25) is 0 Å². The van der Waals surface area contributed by atoms with Crippen LogP contribution in [0.2, 0.25) is 0 Å². The quantitative estimate of drug-likeness (QED) is 0.186. The third-order valence-corrected chi connectivity index (χ3v) is 12.2. The van der Waals surface area contributed by atoms with Gasteiger partial charge in [-0.1, -0.05) is 106 Å². The second-order valence-electron chi connectivity index (χ2n) is 14.1. The van der Waals surface area contributed by atoms with Crippen molar-refractivity contribution >= 4 is 45.8 Å². The molecule has 0 aromatic heterocycles. The Morgan fingerprint density at radius 3 is 2.11 bits per heavy atom. The molecule has 0 spiro atoms. The monoisotopic (exact) mass is 598 g/mol. The number of nitrogens with zero attached hydrogens (tertiary/aromatic N) is 2. The number of benzene rings is 5. The van der Waals surface area contributed by atoms with Gasteiger partial charge in [-0.2, -0.15) is 0 Å². The van der Waals surface area contributed by atoms with Crippen molar-refractivity contribution in [1.82, 2.24) is 0 Å². The number of anilines is 5. The zero-order valence-electron chi connectivity index (χ0n) is 26.1. The summed E-state index contributed by atoms with van der Waals surface area (Å²) in [6.07, 6.45) is 7.97. The second-order valence-corrected chi connectivity index (χ2v) is 15.2. The Bertz CT molecular complexity index is 2150. The minimum atomic E-state index is -0.131. The number of allylic oxidation sites excluding steroid dienone is 2. The molecule has 0 radical (unpaired) electrons. The molecule has 0 bridgehead atoms. The molecule has 0 fully saturated rings. The van der Waals surface area contributed by atoms with Gasteiger partial charge in [0, 0.05) is 37.6 Å². The fraction of sp³-hybridized carbons (Fsp3) is 0.190. The van der Waals surface area contributed by atoms with Crippen LogP contribution in [0.3, 0.4) is 0 Å². The number of fused-ring (bicyclic) bond motifs is 10. The molecule has 5 aromatic rings. The van der Waals surface area contributed by atoms with E-state index in [1.165, 1.54) is 82.7 Å². The van der Waals surface area contributed by atoms with Gasteiger partial charge in [-0.3, -0.25) is 0 Å². The Morgan fingerprint density at radius 2 is 1.33 bits per heavy atom. The third-order valence-electron chi connectivity index (χ3n) is 11.1. The Hall–Kier alpha value is -4.47. The molecular weight excluding hydrogens is 565 g/mol. The normalized spacial score (nSPS) is 19.9. The summed E-state index contributed by atoms with van der Waals surface area (Å²) in [6.45, 7) is 9.70. The van der Waals surface area contributed by atoms with Crippen molar-refractivity contribution in [1.29, 1.82) is 0 Å². The molecule has 1 atom stereocenters. The Balaban J connectivity index is 1.16. The van der Waals surface area contributed by atoms with E-state index in [9.17, 15) is 0 Å². The number of hydrogen-bond acceptors (Lipinski definition) is 3. The summed E-state index contributed by atoms with van der Waals surface area (Å²) >= 11 is 1.86. The summed E-state index contributed by atoms with van der Waals surface area (Å²) in [5.41, 5.74) is 17.7. The predicted octanol–water partition coefficient (Wildman–Crippen LogP) is 11.4. The maximum absolute atomic E-state index is 2.69. The summed E-state index contributed by atoms with van der Waals surface area (Å²) < 4.78 is 0. The molecule has 3 heteroatoms. The lowest BCUT2D eigenvalue weighted by Crippen LogP contribution is -2.36. The van der Waals surface area contributed by atoms with Crippen LogP contribution >= 0.6 is 11.8 Å². The molecule has 0 saturated carbocycles. The van der Waals surface area contributed by atoms with Gasteiger partial charge in [0.1, 0.15) is 0 Å². The van der Waals surface area contributed by atoms with E-state index < -0.39 is 0 Å². The average molecular weight is 599 g/mol. The second kappa shape index (κ2) is 8.62. The van der Waals surface area contributed by atoms with Crippen molar-refractivity contribution < 1.29 is 0 Å². The van der Waals surface area contributed by atoms with E-state index in [-0.39, 0.29) is 10.8 Å². The first kappa shape index (κ1) is 25.8. The van der Waals surface area contributed by atoms with Gasteiger partial charge in [0.25, 0.3) is 0 Å². The minimum Gasteiger partial charge on any atom is -0.333 e. The van der Waals surface area contributed by atoms with Crippen LogP contribution in [-0.2, 0) is 10.8 Å². The van der Waals surface area contributed by atoms with E-state index in [2.05, 4.69) is 153 Å². The van der Waals surface area contributed by atoms with E-state index in [0.717, 1.165) is 6.42 Å². The molecule has 10 rings (SSSR count). The van der Waals surface area contributed by atoms with Gasteiger partial charge in [-0.15, -0.1) is 0 Å². The van der Waals surface area contributed by atoms with Crippen LogP contribution in [0.5, 0.6) is 0 Å². The molecule has 3 heterocycles. The maximum Gasteiger partial charge on any atom is 0.0633 e. The molecule has 45 heavy (non-hydrogen) atoms. The topological polar surface area (TPSA) is 6.48 Å². The molecule has 5 aliphatic rings. The fourth-order valence-electron chi connectivity index (χ4n) is 8.84. The first-order valence-corrected chi connectivity index (χ1v) is 17.0. The van der Waals surface area contributed by atoms with Crippen molar-refractivity contribution in [3.63, 3.8) is 0 Å². The van der Waals surface area contributed by atoms with E-state index in [4.69, 9.17) is 0 Å². The van der Waals surface area contributed by atoms with Gasteiger partial charge in [-0.25, -0.2) is 0 Å². The molecule has 0 amide bonds. The van der Waals surface area contributed by atoms with Gasteiger partial charge < -0.3 is 9.80 Å². The first-order chi connectivity index (χ1) is 21.8. The molecule has 1 unspecified atom stereocenters. The van der Waals surface area contributed by atoms with E-state index >= 15 is 0 Å². The van der Waals surface area contributed by atoms with Crippen molar-refractivity contribution in [2.75, 3.05) is 9.80 Å². The summed E-state index contributed by atoms with van der Waals surface area (Å²) in [5, 5.41) is 0. The van der Waals surface area contributed by atoms with Crippen LogP contribution in [0.1, 0.15) is 61.9 Å². The Kier molecular flexibility index (Phi) is 4.94. The van der Waals surface area contributed by atoms with Crippen LogP contribution in [0, 0.1) is 0 Å². The van der Waals surface area contributed by atoms with E-state index in [1.807, 2.05) is 11.8 Å². The van der Waals surface area contributed by atoms with Crippen LogP contribution in [-0.4, -0.2) is 6.04 Å². The average Bonchev–Trinajstić information content (AvgIpc) is 3.51. The predicted molar refractivity (Wildman–Crippen MR) is 189 cm³/mol. The lowest BCUT2D eigenvalue weighted by molar-refractivity contribution is 0.617. The summed E-state index contributed by atoms with van der Waals surface area (Å²) in [4.78, 5) is 7.74. The number of rotatable bonds is 1. The van der Waals surface area contributed by atoms with Gasteiger partial charge >= 0.3 is 0 Å². The van der Waals surface area contributed by atoms with Gasteiger partial charge in [-0.05, 0) is 93.9 Å². The van der Waals surface area contributed by atoms with Gasteiger partial charge in [0.15, 0.2) is 0 Å². The van der Waals surface area contributed by atoms with Crippen LogP contribution in [0.15, 0.2) is 125 Å². The fourth-order valence-corrected chi connectivity index (χ4v) is 9.90. The van der Waals surface area contributed by atoms with E-state index in [0.29, 0.717) is 6.04 Å². The maximum atomic E-state index is 2.69. The van der Waals surface area contributed by atoms with E-state index in [1.54, 1.807) is 0 Å².